The van der Waals surface area contributed by atoms with Crippen molar-refractivity contribution in [2.75, 3.05) is 18.1 Å². The molecule has 35 heavy (non-hydrogen) atoms. The third-order valence-corrected chi connectivity index (χ3v) is 9.12. The Morgan fingerprint density at radius 1 is 1.06 bits per heavy atom. The van der Waals surface area contributed by atoms with Crippen molar-refractivity contribution in [3.63, 3.8) is 0 Å². The molecule has 178 valence electrons. The van der Waals surface area contributed by atoms with E-state index in [-0.39, 0.29) is 12.5 Å². The van der Waals surface area contributed by atoms with Crippen molar-refractivity contribution in [2.24, 2.45) is 5.10 Å². The number of thioether (sulfide) groups is 2. The zero-order chi connectivity index (χ0) is 24.2. The molecule has 3 aromatic carbocycles. The summed E-state index contributed by atoms with van der Waals surface area (Å²) in [5, 5.41) is 6.56. The van der Waals surface area contributed by atoms with Gasteiger partial charge in [0.25, 0.3) is 5.91 Å². The first kappa shape index (κ1) is 23.6. The lowest BCUT2D eigenvalue weighted by atomic mass is 10.1. The summed E-state index contributed by atoms with van der Waals surface area (Å²) in [7, 11) is 0. The van der Waals surface area contributed by atoms with Gasteiger partial charge in [-0.15, -0.1) is 23.5 Å². The fourth-order valence-electron chi connectivity index (χ4n) is 4.32. The largest absolute Gasteiger partial charge is 0.484 e. The van der Waals surface area contributed by atoms with Crippen LogP contribution in [0.2, 0.25) is 0 Å². The van der Waals surface area contributed by atoms with E-state index in [0.717, 1.165) is 22.6 Å². The van der Waals surface area contributed by atoms with Crippen LogP contribution in [0.4, 0.5) is 0 Å². The highest BCUT2D eigenvalue weighted by Crippen LogP contribution is 2.45. The van der Waals surface area contributed by atoms with Gasteiger partial charge >= 0.3 is 0 Å². The predicted molar refractivity (Wildman–Crippen MR) is 148 cm³/mol. The number of aryl methyl sites for hydroxylation is 1. The van der Waals surface area contributed by atoms with Crippen molar-refractivity contribution in [3.05, 3.63) is 95.3 Å². The molecule has 0 bridgehead atoms. The van der Waals surface area contributed by atoms with E-state index in [9.17, 15) is 4.79 Å². The fourth-order valence-corrected chi connectivity index (χ4v) is 7.18. The lowest BCUT2D eigenvalue weighted by Crippen LogP contribution is -2.24. The molecule has 0 spiro atoms. The number of hydrogen-bond donors (Lipinski definition) is 1. The summed E-state index contributed by atoms with van der Waals surface area (Å²) in [4.78, 5) is 12.2. The molecule has 0 aliphatic carbocycles. The molecule has 1 N–H and O–H groups in total. The lowest BCUT2D eigenvalue weighted by molar-refractivity contribution is -0.123. The van der Waals surface area contributed by atoms with Gasteiger partial charge in [-0.3, -0.25) is 4.79 Å². The molecule has 1 aromatic heterocycles. The number of amides is 1. The van der Waals surface area contributed by atoms with Crippen LogP contribution in [-0.4, -0.2) is 34.8 Å². The number of carbonyl (C=O) groups is 1. The van der Waals surface area contributed by atoms with Gasteiger partial charge in [-0.25, -0.2) is 5.43 Å². The van der Waals surface area contributed by atoms with E-state index < -0.39 is 0 Å². The van der Waals surface area contributed by atoms with Gasteiger partial charge in [0, 0.05) is 33.8 Å². The highest BCUT2D eigenvalue weighted by molar-refractivity contribution is 8.19. The van der Waals surface area contributed by atoms with E-state index in [2.05, 4.69) is 89.6 Å². The summed E-state index contributed by atoms with van der Waals surface area (Å²) < 4.78 is 8.36. The van der Waals surface area contributed by atoms with Gasteiger partial charge in [-0.1, -0.05) is 48.5 Å². The minimum atomic E-state index is -0.296. The maximum absolute atomic E-state index is 12.2. The number of nitrogens with one attached hydrogen (secondary N) is 1. The van der Waals surface area contributed by atoms with Crippen LogP contribution in [-0.2, 0) is 4.79 Å². The van der Waals surface area contributed by atoms with E-state index in [4.69, 9.17) is 4.74 Å². The van der Waals surface area contributed by atoms with Crippen molar-refractivity contribution >= 4 is 46.4 Å². The average Bonchev–Trinajstić information content (AvgIpc) is 3.51. The zero-order valence-corrected chi connectivity index (χ0v) is 21.4. The third-order valence-electron chi connectivity index (χ3n) is 6.01. The van der Waals surface area contributed by atoms with Crippen LogP contribution in [0.5, 0.6) is 5.75 Å². The van der Waals surface area contributed by atoms with Gasteiger partial charge < -0.3 is 9.30 Å². The molecule has 4 aromatic rings. The van der Waals surface area contributed by atoms with E-state index in [1.807, 2.05) is 35.7 Å². The maximum Gasteiger partial charge on any atom is 0.277 e. The number of aromatic nitrogens is 1. The Hall–Kier alpha value is -3.16. The summed E-state index contributed by atoms with van der Waals surface area (Å²) in [5.41, 5.74) is 8.11. The second-order valence-electron chi connectivity index (χ2n) is 8.38. The molecule has 2 heterocycles. The SMILES string of the molecule is Cc1cc(/C=N\NC(=O)COc2ccc(C3SCCS3)cc2)c(C)n1-c1cccc2ccccc12. The molecule has 1 amide bonds. The predicted octanol–water partition coefficient (Wildman–Crippen LogP) is 6.26. The Labute approximate surface area is 213 Å². The first-order valence-corrected chi connectivity index (χ1v) is 13.6. The molecule has 1 aliphatic rings. The number of carbonyl (C=O) groups excluding carboxylic acids is 1. The second kappa shape index (κ2) is 10.6. The van der Waals surface area contributed by atoms with Crippen LogP contribution in [0.25, 0.3) is 16.5 Å². The van der Waals surface area contributed by atoms with Gasteiger partial charge in [0.15, 0.2) is 6.61 Å². The molecule has 7 heteroatoms. The van der Waals surface area contributed by atoms with Gasteiger partial charge in [0.05, 0.1) is 16.5 Å². The molecule has 1 fully saturated rings. The first-order chi connectivity index (χ1) is 17.1. The van der Waals surface area contributed by atoms with Crippen LogP contribution >= 0.6 is 23.5 Å². The van der Waals surface area contributed by atoms with E-state index in [1.54, 1.807) is 6.21 Å². The Balaban J connectivity index is 1.21. The van der Waals surface area contributed by atoms with Gasteiger partial charge in [0.1, 0.15) is 5.75 Å². The fraction of sp³-hybridized carbons (Fsp3) is 0.214. The smallest absolute Gasteiger partial charge is 0.277 e. The number of ether oxygens (including phenoxy) is 1. The van der Waals surface area contributed by atoms with Crippen LogP contribution in [0.1, 0.15) is 27.1 Å². The summed E-state index contributed by atoms with van der Waals surface area (Å²) in [6.07, 6.45) is 1.69. The number of hydrazone groups is 1. The number of fused-ring (bicyclic) bond motifs is 1. The number of hydrogen-bond acceptors (Lipinski definition) is 5. The van der Waals surface area contributed by atoms with Crippen LogP contribution < -0.4 is 10.2 Å². The normalized spacial score (nSPS) is 14.1. The lowest BCUT2D eigenvalue weighted by Gasteiger charge is -2.13. The Morgan fingerprint density at radius 2 is 1.80 bits per heavy atom. The van der Waals surface area contributed by atoms with Crippen molar-refractivity contribution in [2.45, 2.75) is 18.4 Å². The summed E-state index contributed by atoms with van der Waals surface area (Å²) in [6.45, 7) is 4.06. The summed E-state index contributed by atoms with van der Waals surface area (Å²) in [6, 6.07) is 24.8. The highest BCUT2D eigenvalue weighted by Gasteiger charge is 2.18. The topological polar surface area (TPSA) is 55.6 Å². The van der Waals surface area contributed by atoms with Gasteiger partial charge in [-0.2, -0.15) is 5.10 Å². The molecule has 1 saturated heterocycles. The summed E-state index contributed by atoms with van der Waals surface area (Å²) in [5.74, 6) is 2.78. The molecule has 0 radical (unpaired) electrons. The quantitative estimate of drug-likeness (QED) is 0.240. The van der Waals surface area contributed by atoms with E-state index in [1.165, 1.54) is 27.8 Å². The Morgan fingerprint density at radius 3 is 2.60 bits per heavy atom. The molecule has 5 rings (SSSR count). The molecule has 1 aliphatic heterocycles. The van der Waals surface area contributed by atoms with Crippen molar-refractivity contribution in [3.8, 4) is 11.4 Å². The molecule has 0 unspecified atom stereocenters. The molecule has 0 saturated carbocycles. The minimum Gasteiger partial charge on any atom is -0.484 e. The Kier molecular flexibility index (Phi) is 7.16. The molecule has 5 nitrogen and oxygen atoms in total. The van der Waals surface area contributed by atoms with E-state index in [0.29, 0.717) is 10.3 Å². The Bertz CT molecular complexity index is 1370. The van der Waals surface area contributed by atoms with Crippen molar-refractivity contribution < 1.29 is 9.53 Å². The number of rotatable bonds is 7. The molecular weight excluding hydrogens is 474 g/mol. The molecule has 0 atom stereocenters. The standard InChI is InChI=1S/C28H27N3O2S2/c1-19-16-23(20(2)31(19)26-9-5-7-21-6-3-4-8-25(21)26)17-29-30-27(32)18-33-24-12-10-22(11-13-24)28-34-14-15-35-28/h3-13,16-17,28H,14-15,18H2,1-2H3,(H,30,32)/b29-17-. The monoisotopic (exact) mass is 501 g/mol. The van der Waals surface area contributed by atoms with Gasteiger partial charge in [0.2, 0.25) is 0 Å². The average molecular weight is 502 g/mol. The summed E-state index contributed by atoms with van der Waals surface area (Å²) >= 11 is 3.94. The molecular formula is C28H27N3O2S2. The van der Waals surface area contributed by atoms with Crippen LogP contribution in [0.15, 0.2) is 77.9 Å². The minimum absolute atomic E-state index is 0.0847. The second-order valence-corrected chi connectivity index (χ2v) is 11.1. The third kappa shape index (κ3) is 5.26. The van der Waals surface area contributed by atoms with Crippen molar-refractivity contribution in [1.29, 1.82) is 0 Å². The number of benzene rings is 3. The van der Waals surface area contributed by atoms with E-state index >= 15 is 0 Å². The first-order valence-electron chi connectivity index (χ1n) is 11.5. The zero-order valence-electron chi connectivity index (χ0n) is 19.7. The number of nitrogens with zero attached hydrogens (tertiary/aromatic N) is 2. The van der Waals surface area contributed by atoms with Crippen LogP contribution in [0.3, 0.4) is 0 Å². The van der Waals surface area contributed by atoms with Crippen molar-refractivity contribution in [1.82, 2.24) is 9.99 Å². The van der Waals surface area contributed by atoms with Crippen LogP contribution in [0, 0.1) is 13.8 Å². The highest BCUT2D eigenvalue weighted by atomic mass is 32.2. The van der Waals surface area contributed by atoms with Gasteiger partial charge in [-0.05, 0) is 49.1 Å². The maximum atomic E-state index is 12.2.